The zero-order valence-electron chi connectivity index (χ0n) is 25.8. The minimum Gasteiger partial charge on any atom is -0.507 e. The monoisotopic (exact) mass is 620 g/mol. The number of nitrogens with zero attached hydrogens (tertiary/aromatic N) is 2. The average molecular weight is 621 g/mol. The molecule has 2 aromatic heterocycles. The summed E-state index contributed by atoms with van der Waals surface area (Å²) in [5.74, 6) is -1.54. The Hall–Kier alpha value is -6.34. The van der Waals surface area contributed by atoms with Gasteiger partial charge in [-0.3, -0.25) is 9.97 Å². The number of aryl methyl sites for hydroxylation is 2. The van der Waals surface area contributed by atoms with Crippen LogP contribution in [0.25, 0.3) is 44.1 Å². The van der Waals surface area contributed by atoms with Crippen LogP contribution in [0.4, 0.5) is 0 Å². The molecule has 7 heteroatoms. The number of carboxylic acids is 2. The van der Waals surface area contributed by atoms with Gasteiger partial charge < -0.3 is 15.3 Å². The molecule has 0 aliphatic rings. The first-order chi connectivity index (χ1) is 22.7. The van der Waals surface area contributed by atoms with Crippen LogP contribution in [0.3, 0.4) is 0 Å². The van der Waals surface area contributed by atoms with Crippen molar-refractivity contribution in [3.8, 4) is 28.0 Å². The highest BCUT2D eigenvalue weighted by molar-refractivity contribution is 6.02. The Kier molecular flexibility index (Phi) is 9.98. The van der Waals surface area contributed by atoms with Crippen molar-refractivity contribution < 1.29 is 24.9 Å². The third kappa shape index (κ3) is 7.67. The van der Waals surface area contributed by atoms with E-state index in [4.69, 9.17) is 10.2 Å². The summed E-state index contributed by atoms with van der Waals surface area (Å²) in [6, 6.07) is 43.5. The predicted octanol–water partition coefficient (Wildman–Crippen LogP) is 9.21. The van der Waals surface area contributed by atoms with Crippen molar-refractivity contribution in [2.45, 2.75) is 13.8 Å². The van der Waals surface area contributed by atoms with Gasteiger partial charge in [0.2, 0.25) is 0 Å². The standard InChI is InChI=1S/C18H14O.2C11H9NO2/c19-18-16(14-8-3-1-4-9-14)12-7-13-17(18)15-10-5-2-6-11-15;2*1-7-5-6-8-3-2-4-9(11(13)14)10(8)12-7/h1-13,19H;2*2-6H,1H3,(H,13,14). The fraction of sp³-hybridized carbons (Fsp3) is 0.0500. The maximum absolute atomic E-state index is 10.9. The van der Waals surface area contributed by atoms with E-state index in [2.05, 4.69) is 9.97 Å². The number of aromatic hydroxyl groups is 1. The molecule has 2 heterocycles. The third-order valence-electron chi connectivity index (χ3n) is 7.39. The van der Waals surface area contributed by atoms with Gasteiger partial charge in [0.05, 0.1) is 22.2 Å². The molecule has 0 radical (unpaired) electrons. The van der Waals surface area contributed by atoms with Crippen LogP contribution in [0.2, 0.25) is 0 Å². The van der Waals surface area contributed by atoms with Crippen LogP contribution in [0.5, 0.6) is 5.75 Å². The van der Waals surface area contributed by atoms with Crippen molar-refractivity contribution in [2.24, 2.45) is 0 Å². The van der Waals surface area contributed by atoms with Crippen LogP contribution in [-0.4, -0.2) is 37.2 Å². The normalized spacial score (nSPS) is 10.3. The van der Waals surface area contributed by atoms with Gasteiger partial charge in [0.25, 0.3) is 0 Å². The van der Waals surface area contributed by atoms with Gasteiger partial charge in [-0.2, -0.15) is 0 Å². The van der Waals surface area contributed by atoms with E-state index >= 15 is 0 Å². The van der Waals surface area contributed by atoms with Crippen molar-refractivity contribution >= 4 is 33.7 Å². The highest BCUT2D eigenvalue weighted by Gasteiger charge is 2.11. The Morgan fingerprint density at radius 3 is 1.23 bits per heavy atom. The van der Waals surface area contributed by atoms with Crippen molar-refractivity contribution in [1.82, 2.24) is 9.97 Å². The lowest BCUT2D eigenvalue weighted by Crippen LogP contribution is -1.99. The molecule has 7 rings (SSSR count). The summed E-state index contributed by atoms with van der Waals surface area (Å²) in [5, 5.41) is 30.1. The number of rotatable bonds is 4. The number of para-hydroxylation sites is 3. The van der Waals surface area contributed by atoms with Crippen LogP contribution >= 0.6 is 0 Å². The number of benzene rings is 5. The number of fused-ring (bicyclic) bond motifs is 2. The number of hydrogen-bond acceptors (Lipinski definition) is 5. The van der Waals surface area contributed by atoms with E-state index in [1.165, 1.54) is 0 Å². The fourth-order valence-electron chi connectivity index (χ4n) is 5.08. The van der Waals surface area contributed by atoms with Gasteiger partial charge in [-0.25, -0.2) is 9.59 Å². The van der Waals surface area contributed by atoms with Crippen molar-refractivity contribution in [1.29, 1.82) is 0 Å². The lowest BCUT2D eigenvalue weighted by Gasteiger charge is -2.10. The van der Waals surface area contributed by atoms with Crippen LogP contribution in [0, 0.1) is 13.8 Å². The Labute approximate surface area is 272 Å². The Bertz CT molecular complexity index is 2030. The molecule has 0 fully saturated rings. The number of phenols is 1. The molecule has 0 aliphatic heterocycles. The van der Waals surface area contributed by atoms with Gasteiger partial charge in [0.15, 0.2) is 0 Å². The summed E-state index contributed by atoms with van der Waals surface area (Å²) in [4.78, 5) is 30.2. The second-order valence-corrected chi connectivity index (χ2v) is 10.7. The van der Waals surface area contributed by atoms with Crippen LogP contribution in [0.1, 0.15) is 32.1 Å². The second kappa shape index (κ2) is 14.6. The quantitative estimate of drug-likeness (QED) is 0.179. The molecule has 0 saturated carbocycles. The van der Waals surface area contributed by atoms with Crippen LogP contribution in [0.15, 0.2) is 140 Å². The second-order valence-electron chi connectivity index (χ2n) is 10.7. The highest BCUT2D eigenvalue weighted by Crippen LogP contribution is 2.37. The molecule has 0 atom stereocenters. The Balaban J connectivity index is 0.000000141. The first-order valence-electron chi connectivity index (χ1n) is 14.8. The van der Waals surface area contributed by atoms with Gasteiger partial charge >= 0.3 is 11.9 Å². The van der Waals surface area contributed by atoms with Crippen molar-refractivity contribution in [2.75, 3.05) is 0 Å². The number of hydrogen-bond donors (Lipinski definition) is 3. The zero-order valence-corrected chi connectivity index (χ0v) is 25.8. The van der Waals surface area contributed by atoms with Crippen LogP contribution < -0.4 is 0 Å². The molecule has 0 aliphatic carbocycles. The molecular formula is C40H32N2O5. The van der Waals surface area contributed by atoms with E-state index < -0.39 is 11.9 Å². The molecule has 0 amide bonds. The number of pyridine rings is 2. The summed E-state index contributed by atoms with van der Waals surface area (Å²) in [6.45, 7) is 3.69. The first kappa shape index (κ1) is 32.1. The Morgan fingerprint density at radius 1 is 0.468 bits per heavy atom. The van der Waals surface area contributed by atoms with Gasteiger partial charge in [-0.15, -0.1) is 0 Å². The number of carboxylic acid groups (broad SMARTS) is 2. The molecular weight excluding hydrogens is 588 g/mol. The summed E-state index contributed by atoms with van der Waals surface area (Å²) in [6.07, 6.45) is 0. The van der Waals surface area contributed by atoms with Gasteiger partial charge in [0, 0.05) is 33.3 Å². The topological polar surface area (TPSA) is 121 Å². The molecule has 7 aromatic rings. The SMILES string of the molecule is Cc1ccc2cccc(C(=O)O)c2n1.Cc1ccc2cccc(C(=O)O)c2n1.Oc1c(-c2ccccc2)cccc1-c1ccccc1. The minimum absolute atomic E-state index is 0.256. The lowest BCUT2D eigenvalue weighted by molar-refractivity contribution is 0.0688. The first-order valence-corrected chi connectivity index (χ1v) is 14.8. The van der Waals surface area contributed by atoms with E-state index in [0.717, 1.165) is 44.4 Å². The Morgan fingerprint density at radius 2 is 0.851 bits per heavy atom. The number of aromatic carboxylic acids is 2. The van der Waals surface area contributed by atoms with E-state index in [1.807, 2.05) is 129 Å². The zero-order chi connectivity index (χ0) is 33.3. The smallest absolute Gasteiger partial charge is 0.337 e. The lowest BCUT2D eigenvalue weighted by atomic mass is 9.97. The van der Waals surface area contributed by atoms with Crippen LogP contribution in [-0.2, 0) is 0 Å². The molecule has 0 spiro atoms. The summed E-state index contributed by atoms with van der Waals surface area (Å²) >= 11 is 0. The van der Waals surface area contributed by atoms with Gasteiger partial charge in [-0.1, -0.05) is 115 Å². The number of aromatic nitrogens is 2. The number of carbonyl (C=O) groups is 2. The summed E-state index contributed by atoms with van der Waals surface area (Å²) < 4.78 is 0. The number of phenolic OH excluding ortho intramolecular Hbond substituents is 1. The van der Waals surface area contributed by atoms with Crippen molar-refractivity contribution in [3.63, 3.8) is 0 Å². The van der Waals surface area contributed by atoms with E-state index in [-0.39, 0.29) is 11.1 Å². The molecule has 5 aromatic carbocycles. The van der Waals surface area contributed by atoms with E-state index in [0.29, 0.717) is 16.8 Å². The van der Waals surface area contributed by atoms with E-state index in [9.17, 15) is 14.7 Å². The third-order valence-corrected chi connectivity index (χ3v) is 7.39. The minimum atomic E-state index is -0.936. The maximum atomic E-state index is 10.9. The van der Waals surface area contributed by atoms with Crippen molar-refractivity contribution in [3.05, 3.63) is 162 Å². The summed E-state index contributed by atoms with van der Waals surface area (Å²) in [7, 11) is 0. The average Bonchev–Trinajstić information content (AvgIpc) is 3.09. The molecule has 0 unspecified atom stereocenters. The largest absolute Gasteiger partial charge is 0.507 e. The maximum Gasteiger partial charge on any atom is 0.337 e. The van der Waals surface area contributed by atoms with Gasteiger partial charge in [-0.05, 0) is 49.2 Å². The predicted molar refractivity (Wildman–Crippen MR) is 186 cm³/mol. The molecule has 0 saturated heterocycles. The van der Waals surface area contributed by atoms with Gasteiger partial charge in [0.1, 0.15) is 5.75 Å². The molecule has 7 nitrogen and oxygen atoms in total. The molecule has 3 N–H and O–H groups in total. The molecule has 232 valence electrons. The molecule has 0 bridgehead atoms. The molecule has 47 heavy (non-hydrogen) atoms. The highest BCUT2D eigenvalue weighted by atomic mass is 16.4. The van der Waals surface area contributed by atoms with E-state index in [1.54, 1.807) is 24.3 Å². The summed E-state index contributed by atoms with van der Waals surface area (Å²) in [5.41, 5.74) is 7.05. The fourth-order valence-corrected chi connectivity index (χ4v) is 5.08.